The maximum atomic E-state index is 9.71. The number of piperidine rings is 1. The molecule has 0 amide bonds. The third kappa shape index (κ3) is 0.604. The summed E-state index contributed by atoms with van der Waals surface area (Å²) in [4.78, 5) is 2.29. The molecule has 4 unspecified atom stereocenters. The molecule has 0 saturated carbocycles. The maximum Gasteiger partial charge on any atom is 0.101 e. The Morgan fingerprint density at radius 3 is 2.73 bits per heavy atom. The van der Waals surface area contributed by atoms with Crippen molar-refractivity contribution in [2.75, 3.05) is 7.05 Å². The second kappa shape index (κ2) is 1.79. The number of likely N-dealkylation sites (N-methyl/N-ethyl adjacent to an activating group) is 1. The summed E-state index contributed by atoms with van der Waals surface area (Å²) in [5, 5.41) is 9.71. The van der Waals surface area contributed by atoms with Gasteiger partial charge in [0.25, 0.3) is 0 Å². The van der Waals surface area contributed by atoms with E-state index < -0.39 is 0 Å². The molecular formula is C8H13NO2. The van der Waals surface area contributed by atoms with Gasteiger partial charge in [0, 0.05) is 12.1 Å². The van der Waals surface area contributed by atoms with Crippen LogP contribution >= 0.6 is 0 Å². The average Bonchev–Trinajstić information content (AvgIpc) is 2.39. The van der Waals surface area contributed by atoms with Crippen molar-refractivity contribution < 1.29 is 9.84 Å². The summed E-state index contributed by atoms with van der Waals surface area (Å²) in [6, 6.07) is 0.895. The van der Waals surface area contributed by atoms with Crippen molar-refractivity contribution in [3.8, 4) is 0 Å². The van der Waals surface area contributed by atoms with Crippen LogP contribution in [0.1, 0.15) is 12.8 Å². The van der Waals surface area contributed by atoms with Crippen LogP contribution in [0.25, 0.3) is 0 Å². The molecule has 62 valence electrons. The van der Waals surface area contributed by atoms with Gasteiger partial charge in [-0.1, -0.05) is 0 Å². The average molecular weight is 155 g/mol. The standard InChI is InChI=1S/C8H13NO2/c1-9-5-2-4-3-6(9)8(11-4)7(5)10/h4-8,10H,2-3H2,1H3/t4?,5?,6?,7-,8?/m0/s1. The Labute approximate surface area is 65.9 Å². The van der Waals surface area contributed by atoms with Gasteiger partial charge >= 0.3 is 0 Å². The molecule has 3 heteroatoms. The third-order valence-electron chi connectivity index (χ3n) is 3.51. The van der Waals surface area contributed by atoms with E-state index in [0.717, 1.165) is 12.8 Å². The van der Waals surface area contributed by atoms with Crippen LogP contribution in [0.15, 0.2) is 0 Å². The van der Waals surface area contributed by atoms with Crippen LogP contribution in [-0.2, 0) is 4.74 Å². The topological polar surface area (TPSA) is 32.7 Å². The van der Waals surface area contributed by atoms with E-state index in [2.05, 4.69) is 11.9 Å². The lowest BCUT2D eigenvalue weighted by Gasteiger charge is -2.33. The van der Waals surface area contributed by atoms with E-state index in [4.69, 9.17) is 4.74 Å². The molecule has 0 aromatic heterocycles. The molecule has 4 bridgehead atoms. The van der Waals surface area contributed by atoms with Crippen molar-refractivity contribution in [1.82, 2.24) is 4.90 Å². The largest absolute Gasteiger partial charge is 0.389 e. The predicted molar refractivity (Wildman–Crippen MR) is 39.2 cm³/mol. The maximum absolute atomic E-state index is 9.71. The van der Waals surface area contributed by atoms with Gasteiger partial charge in [-0.2, -0.15) is 0 Å². The molecule has 1 N–H and O–H groups in total. The van der Waals surface area contributed by atoms with E-state index in [1.807, 2.05) is 0 Å². The Hall–Kier alpha value is -0.120. The normalized spacial score (nSPS) is 61.1. The molecule has 0 aromatic rings. The van der Waals surface area contributed by atoms with Gasteiger partial charge < -0.3 is 9.84 Å². The number of hydrogen-bond donors (Lipinski definition) is 1. The van der Waals surface area contributed by atoms with Crippen LogP contribution in [0.2, 0.25) is 0 Å². The molecule has 4 fully saturated rings. The van der Waals surface area contributed by atoms with Gasteiger partial charge in [-0.3, -0.25) is 4.90 Å². The van der Waals surface area contributed by atoms with Crippen molar-refractivity contribution in [1.29, 1.82) is 0 Å². The van der Waals surface area contributed by atoms with Gasteiger partial charge in [-0.15, -0.1) is 0 Å². The van der Waals surface area contributed by atoms with Crippen LogP contribution in [0, 0.1) is 0 Å². The van der Waals surface area contributed by atoms with Crippen LogP contribution < -0.4 is 0 Å². The fraction of sp³-hybridized carbons (Fsp3) is 1.00. The molecule has 4 heterocycles. The van der Waals surface area contributed by atoms with Crippen molar-refractivity contribution in [2.24, 2.45) is 0 Å². The summed E-state index contributed by atoms with van der Waals surface area (Å²) in [5.74, 6) is 0. The van der Waals surface area contributed by atoms with Gasteiger partial charge in [0.1, 0.15) is 6.10 Å². The first-order valence-electron chi connectivity index (χ1n) is 4.33. The number of aliphatic hydroxyl groups is 1. The molecular weight excluding hydrogens is 142 g/mol. The summed E-state index contributed by atoms with van der Waals surface area (Å²) in [7, 11) is 2.10. The first-order valence-corrected chi connectivity index (χ1v) is 4.33. The zero-order valence-electron chi connectivity index (χ0n) is 6.60. The highest BCUT2D eigenvalue weighted by atomic mass is 16.5. The molecule has 4 aliphatic rings. The quantitative estimate of drug-likeness (QED) is 0.516. The molecule has 0 radical (unpaired) electrons. The zero-order valence-corrected chi connectivity index (χ0v) is 6.60. The third-order valence-corrected chi connectivity index (χ3v) is 3.51. The second-order valence-electron chi connectivity index (χ2n) is 3.98. The summed E-state index contributed by atoms with van der Waals surface area (Å²) in [6.45, 7) is 0. The summed E-state index contributed by atoms with van der Waals surface area (Å²) in [5.41, 5.74) is 0. The van der Waals surface area contributed by atoms with Crippen molar-refractivity contribution in [3.63, 3.8) is 0 Å². The Kier molecular flexibility index (Phi) is 1.04. The highest BCUT2D eigenvalue weighted by Gasteiger charge is 2.57. The lowest BCUT2D eigenvalue weighted by molar-refractivity contribution is -0.0758. The molecule has 4 saturated heterocycles. The fourth-order valence-corrected chi connectivity index (χ4v) is 2.91. The smallest absolute Gasteiger partial charge is 0.101 e. The number of hydrogen-bond acceptors (Lipinski definition) is 3. The highest BCUT2D eigenvalue weighted by molar-refractivity contribution is 5.10. The molecule has 3 nitrogen and oxygen atoms in total. The molecule has 4 rings (SSSR count). The van der Waals surface area contributed by atoms with Gasteiger partial charge in [0.05, 0.1) is 12.2 Å². The molecule has 11 heavy (non-hydrogen) atoms. The van der Waals surface area contributed by atoms with Crippen LogP contribution in [-0.4, -0.2) is 47.4 Å². The summed E-state index contributed by atoms with van der Waals surface area (Å²) < 4.78 is 5.64. The molecule has 5 atom stereocenters. The van der Waals surface area contributed by atoms with E-state index >= 15 is 0 Å². The number of ether oxygens (including phenoxy) is 1. The Bertz CT molecular complexity index is 175. The van der Waals surface area contributed by atoms with Crippen molar-refractivity contribution >= 4 is 0 Å². The lowest BCUT2D eigenvalue weighted by atomic mass is 10.0. The monoisotopic (exact) mass is 155 g/mol. The summed E-state index contributed by atoms with van der Waals surface area (Å²) >= 11 is 0. The number of nitrogens with zero attached hydrogens (tertiary/aromatic N) is 1. The van der Waals surface area contributed by atoms with Gasteiger partial charge in [0.2, 0.25) is 0 Å². The zero-order chi connectivity index (χ0) is 7.59. The first-order chi connectivity index (χ1) is 5.27. The Morgan fingerprint density at radius 2 is 2.09 bits per heavy atom. The first kappa shape index (κ1) is 6.40. The molecule has 0 aliphatic carbocycles. The van der Waals surface area contributed by atoms with Gasteiger partial charge in [-0.05, 0) is 19.9 Å². The van der Waals surface area contributed by atoms with Crippen LogP contribution in [0.3, 0.4) is 0 Å². The van der Waals surface area contributed by atoms with Crippen molar-refractivity contribution in [2.45, 2.75) is 43.2 Å². The van der Waals surface area contributed by atoms with Crippen LogP contribution in [0.5, 0.6) is 0 Å². The van der Waals surface area contributed by atoms with E-state index in [0.29, 0.717) is 18.2 Å². The fourth-order valence-electron chi connectivity index (χ4n) is 2.91. The molecule has 0 spiro atoms. The van der Waals surface area contributed by atoms with Crippen molar-refractivity contribution in [3.05, 3.63) is 0 Å². The van der Waals surface area contributed by atoms with Gasteiger partial charge in [0.15, 0.2) is 0 Å². The van der Waals surface area contributed by atoms with E-state index in [1.54, 1.807) is 0 Å². The van der Waals surface area contributed by atoms with Gasteiger partial charge in [-0.25, -0.2) is 0 Å². The van der Waals surface area contributed by atoms with E-state index in [-0.39, 0.29) is 12.2 Å². The minimum Gasteiger partial charge on any atom is -0.389 e. The Balaban J connectivity index is 2.00. The SMILES string of the molecule is CN1C2CC3CC1[C@H](O)C2O3. The predicted octanol–water partition coefficient (Wildman–Crippen LogP) is -0.409. The summed E-state index contributed by atoms with van der Waals surface area (Å²) in [6.07, 6.45) is 2.53. The van der Waals surface area contributed by atoms with E-state index in [1.165, 1.54) is 0 Å². The lowest BCUT2D eigenvalue weighted by Crippen LogP contribution is -2.44. The Morgan fingerprint density at radius 1 is 1.36 bits per heavy atom. The molecule has 0 aromatic carbocycles. The van der Waals surface area contributed by atoms with Crippen LogP contribution in [0.4, 0.5) is 0 Å². The molecule has 4 aliphatic heterocycles. The highest BCUT2D eigenvalue weighted by Crippen LogP contribution is 2.44. The second-order valence-corrected chi connectivity index (χ2v) is 3.98. The minimum absolute atomic E-state index is 0.128. The number of aliphatic hydroxyl groups excluding tert-OH is 1. The minimum atomic E-state index is -0.219. The number of rotatable bonds is 0. The van der Waals surface area contributed by atoms with E-state index in [9.17, 15) is 5.11 Å².